The van der Waals surface area contributed by atoms with Gasteiger partial charge in [0.1, 0.15) is 18.8 Å². The third-order valence-corrected chi connectivity index (χ3v) is 5.64. The molecule has 0 saturated carbocycles. The molecule has 0 bridgehead atoms. The number of ether oxygens (including phenoxy) is 2. The summed E-state index contributed by atoms with van der Waals surface area (Å²) >= 11 is 1.65. The average molecular weight is 384 g/mol. The number of benzene rings is 2. The zero-order valence-electron chi connectivity index (χ0n) is 15.2. The summed E-state index contributed by atoms with van der Waals surface area (Å²) in [6.45, 7) is 2.92. The number of nitrogens with one attached hydrogen (secondary N) is 1. The number of carbonyl (C=O) groups excluding carboxylic acids is 2. The lowest BCUT2D eigenvalue weighted by molar-refractivity contribution is -0.131. The van der Waals surface area contributed by atoms with Gasteiger partial charge in [0.15, 0.2) is 11.5 Å². The summed E-state index contributed by atoms with van der Waals surface area (Å²) in [7, 11) is 0. The molecule has 0 unspecified atom stereocenters. The van der Waals surface area contributed by atoms with Gasteiger partial charge in [0.25, 0.3) is 5.91 Å². The van der Waals surface area contributed by atoms with Crippen LogP contribution in [0, 0.1) is 0 Å². The monoisotopic (exact) mass is 384 g/mol. The molecule has 2 aliphatic rings. The first kappa shape index (κ1) is 17.7. The van der Waals surface area contributed by atoms with Crippen molar-refractivity contribution in [2.45, 2.75) is 23.9 Å². The number of carbonyl (C=O) groups is 2. The minimum absolute atomic E-state index is 0.236. The van der Waals surface area contributed by atoms with Gasteiger partial charge in [0.2, 0.25) is 0 Å². The standard InChI is InChI=1S/C20H20N2O4S/c1-20(14-5-8-16-17(11-14)26-10-9-25-16)18(23)22(19(24)21-20)12-13-3-6-15(27-2)7-4-13/h3-8,11H,9-10,12H2,1-2H3,(H,21,24)/t20-/m0/s1. The molecular weight excluding hydrogens is 364 g/mol. The van der Waals surface area contributed by atoms with Crippen molar-refractivity contribution in [1.29, 1.82) is 0 Å². The van der Waals surface area contributed by atoms with Crippen molar-refractivity contribution >= 4 is 23.7 Å². The maximum atomic E-state index is 13.1. The molecule has 1 fully saturated rings. The van der Waals surface area contributed by atoms with E-state index in [-0.39, 0.29) is 12.5 Å². The minimum atomic E-state index is -1.13. The molecule has 7 heteroatoms. The van der Waals surface area contributed by atoms with E-state index in [4.69, 9.17) is 9.47 Å². The van der Waals surface area contributed by atoms with Crippen molar-refractivity contribution in [2.24, 2.45) is 0 Å². The van der Waals surface area contributed by atoms with E-state index in [1.54, 1.807) is 36.9 Å². The highest BCUT2D eigenvalue weighted by atomic mass is 32.2. The van der Waals surface area contributed by atoms with Crippen molar-refractivity contribution in [2.75, 3.05) is 19.5 Å². The number of thioether (sulfide) groups is 1. The fraction of sp³-hybridized carbons (Fsp3) is 0.300. The van der Waals surface area contributed by atoms with Gasteiger partial charge in [0, 0.05) is 4.90 Å². The quantitative estimate of drug-likeness (QED) is 0.648. The first-order valence-electron chi connectivity index (χ1n) is 8.68. The summed E-state index contributed by atoms with van der Waals surface area (Å²) < 4.78 is 11.1. The van der Waals surface area contributed by atoms with Crippen LogP contribution in [-0.2, 0) is 16.9 Å². The van der Waals surface area contributed by atoms with Crippen LogP contribution < -0.4 is 14.8 Å². The number of amides is 3. The third-order valence-electron chi connectivity index (χ3n) is 4.89. The molecule has 6 nitrogen and oxygen atoms in total. The Hall–Kier alpha value is -2.67. The second-order valence-corrected chi connectivity index (χ2v) is 7.53. The molecule has 2 aromatic rings. The highest BCUT2D eigenvalue weighted by Gasteiger charge is 2.49. The van der Waals surface area contributed by atoms with E-state index in [1.165, 1.54) is 4.90 Å². The molecule has 0 aliphatic carbocycles. The summed E-state index contributed by atoms with van der Waals surface area (Å²) in [6.07, 6.45) is 2.01. The number of urea groups is 1. The lowest BCUT2D eigenvalue weighted by atomic mass is 9.91. The molecule has 4 rings (SSSR count). The highest BCUT2D eigenvalue weighted by molar-refractivity contribution is 7.98. The molecule has 0 spiro atoms. The van der Waals surface area contributed by atoms with E-state index in [9.17, 15) is 9.59 Å². The summed E-state index contributed by atoms with van der Waals surface area (Å²) in [6, 6.07) is 12.8. The zero-order chi connectivity index (χ0) is 19.0. The second kappa shape index (κ2) is 6.81. The number of nitrogens with zero attached hydrogens (tertiary/aromatic N) is 1. The smallest absolute Gasteiger partial charge is 0.325 e. The molecule has 1 saturated heterocycles. The first-order chi connectivity index (χ1) is 13.0. The summed E-state index contributed by atoms with van der Waals surface area (Å²) in [4.78, 5) is 28.0. The summed E-state index contributed by atoms with van der Waals surface area (Å²) in [5.74, 6) is 0.961. The van der Waals surface area contributed by atoms with Crippen LogP contribution in [0.1, 0.15) is 18.1 Å². The molecular formula is C20H20N2O4S. The number of hydrogen-bond acceptors (Lipinski definition) is 5. The number of fused-ring (bicyclic) bond motifs is 1. The lowest BCUT2D eigenvalue weighted by Crippen LogP contribution is -2.41. The maximum absolute atomic E-state index is 13.1. The van der Waals surface area contributed by atoms with Crippen molar-refractivity contribution in [3.05, 3.63) is 53.6 Å². The van der Waals surface area contributed by atoms with Crippen LogP contribution in [0.5, 0.6) is 11.5 Å². The molecule has 1 N–H and O–H groups in total. The summed E-state index contributed by atoms with van der Waals surface area (Å²) in [5, 5.41) is 2.83. The molecule has 2 aromatic carbocycles. The van der Waals surface area contributed by atoms with Crippen molar-refractivity contribution < 1.29 is 19.1 Å². The maximum Gasteiger partial charge on any atom is 0.325 e. The molecule has 3 amide bonds. The molecule has 0 radical (unpaired) electrons. The largest absolute Gasteiger partial charge is 0.486 e. The van der Waals surface area contributed by atoms with E-state index in [2.05, 4.69) is 5.32 Å². The van der Waals surface area contributed by atoms with Gasteiger partial charge in [-0.1, -0.05) is 18.2 Å². The minimum Gasteiger partial charge on any atom is -0.486 e. The molecule has 0 aromatic heterocycles. The zero-order valence-corrected chi connectivity index (χ0v) is 16.0. The van der Waals surface area contributed by atoms with Crippen molar-refractivity contribution in [1.82, 2.24) is 10.2 Å². The third kappa shape index (κ3) is 3.12. The Morgan fingerprint density at radius 1 is 1.07 bits per heavy atom. The van der Waals surface area contributed by atoms with Gasteiger partial charge >= 0.3 is 6.03 Å². The number of imide groups is 1. The van der Waals surface area contributed by atoms with Crippen LogP contribution in [0.3, 0.4) is 0 Å². The molecule has 140 valence electrons. The Balaban J connectivity index is 1.59. The molecule has 2 heterocycles. The number of hydrogen-bond donors (Lipinski definition) is 1. The average Bonchev–Trinajstić information content (AvgIpc) is 2.92. The van der Waals surface area contributed by atoms with Gasteiger partial charge in [-0.05, 0) is 48.6 Å². The van der Waals surface area contributed by atoms with Crippen molar-refractivity contribution in [3.8, 4) is 11.5 Å². The van der Waals surface area contributed by atoms with E-state index in [1.807, 2.05) is 30.5 Å². The van der Waals surface area contributed by atoms with Gasteiger partial charge in [-0.3, -0.25) is 9.69 Å². The Morgan fingerprint density at radius 2 is 1.78 bits per heavy atom. The van der Waals surface area contributed by atoms with Gasteiger partial charge in [0.05, 0.1) is 6.54 Å². The van der Waals surface area contributed by atoms with Gasteiger partial charge < -0.3 is 14.8 Å². The fourth-order valence-corrected chi connectivity index (χ4v) is 3.71. The van der Waals surface area contributed by atoms with E-state index in [0.29, 0.717) is 30.3 Å². The first-order valence-corrected chi connectivity index (χ1v) is 9.91. The Labute approximate surface area is 161 Å². The van der Waals surface area contributed by atoms with Gasteiger partial charge in [-0.15, -0.1) is 11.8 Å². The SMILES string of the molecule is CSc1ccc(CN2C(=O)N[C@@](C)(c3ccc4c(c3)OCCO4)C2=O)cc1. The Kier molecular flexibility index (Phi) is 4.47. The molecule has 1 atom stereocenters. The van der Waals surface area contributed by atoms with E-state index < -0.39 is 11.6 Å². The van der Waals surface area contributed by atoms with E-state index >= 15 is 0 Å². The predicted octanol–water partition coefficient (Wildman–Crippen LogP) is 3.15. The molecule has 2 aliphatic heterocycles. The second-order valence-electron chi connectivity index (χ2n) is 6.65. The van der Waals surface area contributed by atoms with Crippen LogP contribution in [0.2, 0.25) is 0 Å². The highest BCUT2D eigenvalue weighted by Crippen LogP contribution is 2.37. The Bertz CT molecular complexity index is 899. The predicted molar refractivity (Wildman–Crippen MR) is 102 cm³/mol. The van der Waals surface area contributed by atoms with Crippen LogP contribution in [0.4, 0.5) is 4.79 Å². The van der Waals surface area contributed by atoms with E-state index in [0.717, 1.165) is 10.5 Å². The summed E-state index contributed by atoms with van der Waals surface area (Å²) in [5.41, 5.74) is 0.444. The van der Waals surface area contributed by atoms with Crippen LogP contribution >= 0.6 is 11.8 Å². The fourth-order valence-electron chi connectivity index (χ4n) is 3.30. The lowest BCUT2D eigenvalue weighted by Gasteiger charge is -2.25. The van der Waals surface area contributed by atoms with Gasteiger partial charge in [-0.2, -0.15) is 0 Å². The Morgan fingerprint density at radius 3 is 2.48 bits per heavy atom. The van der Waals surface area contributed by atoms with Crippen LogP contribution in [-0.4, -0.2) is 36.3 Å². The van der Waals surface area contributed by atoms with Crippen LogP contribution in [0.25, 0.3) is 0 Å². The van der Waals surface area contributed by atoms with Gasteiger partial charge in [-0.25, -0.2) is 4.79 Å². The topological polar surface area (TPSA) is 67.9 Å². The normalized spacial score (nSPS) is 21.3. The number of rotatable bonds is 4. The van der Waals surface area contributed by atoms with Crippen LogP contribution in [0.15, 0.2) is 47.4 Å². The molecule has 27 heavy (non-hydrogen) atoms. The van der Waals surface area contributed by atoms with Crippen molar-refractivity contribution in [3.63, 3.8) is 0 Å².